The summed E-state index contributed by atoms with van der Waals surface area (Å²) in [7, 11) is 0. The Hall–Kier alpha value is -1.61. The van der Waals surface area contributed by atoms with Gasteiger partial charge in [-0.3, -0.25) is 4.79 Å². The highest BCUT2D eigenvalue weighted by Gasteiger charge is 2.09. The molecule has 0 aliphatic heterocycles. The number of benzene rings is 2. The second kappa shape index (κ2) is 7.25. The van der Waals surface area contributed by atoms with Crippen molar-refractivity contribution in [3.05, 3.63) is 70.2 Å². The first-order chi connectivity index (χ1) is 9.65. The fourth-order valence-corrected chi connectivity index (χ4v) is 2.32. The summed E-state index contributed by atoms with van der Waals surface area (Å²) in [5.41, 5.74) is 2.31. The molecule has 0 aliphatic carbocycles. The van der Waals surface area contributed by atoms with Gasteiger partial charge in [0.25, 0.3) is 0 Å². The molecule has 1 amide bonds. The van der Waals surface area contributed by atoms with E-state index in [-0.39, 0.29) is 11.9 Å². The number of hydrogen-bond acceptors (Lipinski definition) is 1. The molecule has 104 valence electrons. The van der Waals surface area contributed by atoms with E-state index in [1.807, 2.05) is 61.5 Å². The lowest BCUT2D eigenvalue weighted by molar-refractivity contribution is -0.121. The van der Waals surface area contributed by atoms with Gasteiger partial charge in [0.1, 0.15) is 0 Å². The third kappa shape index (κ3) is 4.49. The Morgan fingerprint density at radius 2 is 1.75 bits per heavy atom. The van der Waals surface area contributed by atoms with Crippen LogP contribution in [0.25, 0.3) is 0 Å². The molecule has 20 heavy (non-hydrogen) atoms. The van der Waals surface area contributed by atoms with Crippen LogP contribution in [-0.2, 0) is 11.2 Å². The summed E-state index contributed by atoms with van der Waals surface area (Å²) in [4.78, 5) is 11.9. The van der Waals surface area contributed by atoms with Crippen molar-refractivity contribution < 1.29 is 4.79 Å². The lowest BCUT2D eigenvalue weighted by Crippen LogP contribution is -2.26. The molecule has 0 radical (unpaired) electrons. The maximum atomic E-state index is 11.9. The second-order valence-electron chi connectivity index (χ2n) is 4.83. The van der Waals surface area contributed by atoms with E-state index >= 15 is 0 Å². The van der Waals surface area contributed by atoms with Crippen molar-refractivity contribution in [3.63, 3.8) is 0 Å². The van der Waals surface area contributed by atoms with Crippen LogP contribution in [-0.4, -0.2) is 5.91 Å². The van der Waals surface area contributed by atoms with Crippen LogP contribution in [0.5, 0.6) is 0 Å². The van der Waals surface area contributed by atoms with Gasteiger partial charge in [0.05, 0.1) is 6.04 Å². The number of carbonyl (C=O) groups is 1. The van der Waals surface area contributed by atoms with Crippen molar-refractivity contribution in [1.82, 2.24) is 5.32 Å². The summed E-state index contributed by atoms with van der Waals surface area (Å²) < 4.78 is 1.05. The lowest BCUT2D eigenvalue weighted by atomic mass is 10.1. The predicted molar refractivity (Wildman–Crippen MR) is 85.5 cm³/mol. The fourth-order valence-electron chi connectivity index (χ4n) is 2.05. The molecule has 0 fully saturated rings. The number of hydrogen-bond donors (Lipinski definition) is 1. The van der Waals surface area contributed by atoms with Crippen LogP contribution in [0.3, 0.4) is 0 Å². The minimum absolute atomic E-state index is 0.0337. The van der Waals surface area contributed by atoms with Crippen LogP contribution in [0.4, 0.5) is 0 Å². The van der Waals surface area contributed by atoms with Gasteiger partial charge in [-0.05, 0) is 36.6 Å². The zero-order valence-corrected chi connectivity index (χ0v) is 13.1. The highest BCUT2D eigenvalue weighted by Crippen LogP contribution is 2.16. The molecule has 0 aliphatic rings. The standard InChI is InChI=1S/C17H18BrNO/c1-13(15-8-10-16(18)11-9-15)19-17(20)12-7-14-5-3-2-4-6-14/h2-6,8-11,13H,7,12H2,1H3,(H,19,20)/t13-/m1/s1. The average Bonchev–Trinajstić information content (AvgIpc) is 2.47. The quantitative estimate of drug-likeness (QED) is 0.871. The van der Waals surface area contributed by atoms with Gasteiger partial charge in [-0.2, -0.15) is 0 Å². The Balaban J connectivity index is 1.83. The smallest absolute Gasteiger partial charge is 0.220 e. The first kappa shape index (κ1) is 14.8. The Bertz CT molecular complexity index is 551. The van der Waals surface area contributed by atoms with Crippen LogP contribution in [0, 0.1) is 0 Å². The highest BCUT2D eigenvalue weighted by molar-refractivity contribution is 9.10. The molecule has 1 atom stereocenters. The van der Waals surface area contributed by atoms with E-state index in [1.54, 1.807) is 0 Å². The average molecular weight is 332 g/mol. The van der Waals surface area contributed by atoms with E-state index < -0.39 is 0 Å². The minimum atomic E-state index is 0.0337. The molecular formula is C17H18BrNO. The number of amides is 1. The third-order valence-electron chi connectivity index (χ3n) is 3.23. The fraction of sp³-hybridized carbons (Fsp3) is 0.235. The Morgan fingerprint density at radius 3 is 2.40 bits per heavy atom. The molecule has 1 N–H and O–H groups in total. The molecular weight excluding hydrogens is 314 g/mol. The molecule has 0 spiro atoms. The Morgan fingerprint density at radius 1 is 1.10 bits per heavy atom. The second-order valence-corrected chi connectivity index (χ2v) is 5.74. The number of carbonyl (C=O) groups excluding carboxylic acids is 1. The molecule has 3 heteroatoms. The van der Waals surface area contributed by atoms with Crippen LogP contribution in [0.2, 0.25) is 0 Å². The largest absolute Gasteiger partial charge is 0.350 e. The molecule has 0 aromatic heterocycles. The van der Waals surface area contributed by atoms with Crippen molar-refractivity contribution in [2.45, 2.75) is 25.8 Å². The predicted octanol–water partition coefficient (Wildman–Crippen LogP) is 4.26. The minimum Gasteiger partial charge on any atom is -0.350 e. The van der Waals surface area contributed by atoms with Crippen LogP contribution < -0.4 is 5.32 Å². The van der Waals surface area contributed by atoms with Gasteiger partial charge in [-0.15, -0.1) is 0 Å². The molecule has 0 heterocycles. The van der Waals surface area contributed by atoms with Crippen LogP contribution in [0.1, 0.15) is 30.5 Å². The number of aryl methyl sites for hydroxylation is 1. The van der Waals surface area contributed by atoms with Gasteiger partial charge >= 0.3 is 0 Å². The van der Waals surface area contributed by atoms with Gasteiger partial charge in [-0.25, -0.2) is 0 Å². The maximum Gasteiger partial charge on any atom is 0.220 e. The molecule has 2 rings (SSSR count). The van der Waals surface area contributed by atoms with Crippen LogP contribution >= 0.6 is 15.9 Å². The Labute approximate surface area is 128 Å². The topological polar surface area (TPSA) is 29.1 Å². The molecule has 0 saturated heterocycles. The number of nitrogens with one attached hydrogen (secondary N) is 1. The molecule has 2 aromatic carbocycles. The van der Waals surface area contributed by atoms with Crippen molar-refractivity contribution in [2.75, 3.05) is 0 Å². The summed E-state index contributed by atoms with van der Waals surface area (Å²) in [6, 6.07) is 18.1. The van der Waals surface area contributed by atoms with Crippen molar-refractivity contribution in [3.8, 4) is 0 Å². The maximum absolute atomic E-state index is 11.9. The Kier molecular flexibility index (Phi) is 5.36. The first-order valence-corrected chi connectivity index (χ1v) is 7.53. The van der Waals surface area contributed by atoms with Gasteiger partial charge in [-0.1, -0.05) is 58.4 Å². The van der Waals surface area contributed by atoms with Gasteiger partial charge in [0, 0.05) is 10.9 Å². The molecule has 2 aromatic rings. The zero-order chi connectivity index (χ0) is 14.4. The third-order valence-corrected chi connectivity index (χ3v) is 3.76. The van der Waals surface area contributed by atoms with E-state index in [1.165, 1.54) is 5.56 Å². The van der Waals surface area contributed by atoms with E-state index in [0.29, 0.717) is 6.42 Å². The number of rotatable bonds is 5. The summed E-state index contributed by atoms with van der Waals surface area (Å²) in [6.45, 7) is 2.00. The first-order valence-electron chi connectivity index (χ1n) is 6.74. The van der Waals surface area contributed by atoms with E-state index in [4.69, 9.17) is 0 Å². The van der Waals surface area contributed by atoms with Crippen molar-refractivity contribution >= 4 is 21.8 Å². The summed E-state index contributed by atoms with van der Waals surface area (Å²) in [5, 5.41) is 3.03. The van der Waals surface area contributed by atoms with Crippen LogP contribution in [0.15, 0.2) is 59.1 Å². The molecule has 0 unspecified atom stereocenters. The van der Waals surface area contributed by atoms with E-state index in [2.05, 4.69) is 21.2 Å². The van der Waals surface area contributed by atoms with Gasteiger partial charge in [0.2, 0.25) is 5.91 Å². The van der Waals surface area contributed by atoms with Gasteiger partial charge in [0.15, 0.2) is 0 Å². The summed E-state index contributed by atoms with van der Waals surface area (Å²) in [5.74, 6) is 0.0873. The van der Waals surface area contributed by atoms with E-state index in [9.17, 15) is 4.79 Å². The number of halogens is 1. The molecule has 0 bridgehead atoms. The monoisotopic (exact) mass is 331 g/mol. The SMILES string of the molecule is C[C@@H](NC(=O)CCc1ccccc1)c1ccc(Br)cc1. The van der Waals surface area contributed by atoms with Gasteiger partial charge < -0.3 is 5.32 Å². The normalized spacial score (nSPS) is 11.9. The van der Waals surface area contributed by atoms with Crippen molar-refractivity contribution in [1.29, 1.82) is 0 Å². The lowest BCUT2D eigenvalue weighted by Gasteiger charge is -2.14. The molecule has 2 nitrogen and oxygen atoms in total. The van der Waals surface area contributed by atoms with Crippen molar-refractivity contribution in [2.24, 2.45) is 0 Å². The summed E-state index contributed by atoms with van der Waals surface area (Å²) >= 11 is 3.41. The summed E-state index contributed by atoms with van der Waals surface area (Å²) in [6.07, 6.45) is 1.30. The molecule has 0 saturated carbocycles. The highest BCUT2D eigenvalue weighted by atomic mass is 79.9. The van der Waals surface area contributed by atoms with E-state index in [0.717, 1.165) is 16.5 Å². The zero-order valence-electron chi connectivity index (χ0n) is 11.5.